The molecule has 8 heteroatoms. The lowest BCUT2D eigenvalue weighted by Gasteiger charge is -2.39. The van der Waals surface area contributed by atoms with Gasteiger partial charge in [-0.3, -0.25) is 4.99 Å². The first-order valence-corrected chi connectivity index (χ1v) is 9.92. The first-order chi connectivity index (χ1) is 12.6. The molecule has 0 spiro atoms. The number of aliphatic imine (C=N–C) groups is 1. The van der Waals surface area contributed by atoms with E-state index >= 15 is 0 Å². The summed E-state index contributed by atoms with van der Waals surface area (Å²) in [6.07, 6.45) is 2.75. The molecule has 0 unspecified atom stereocenters. The molecule has 0 bridgehead atoms. The van der Waals surface area contributed by atoms with E-state index in [9.17, 15) is 0 Å². The third-order valence-corrected chi connectivity index (χ3v) is 5.28. The molecule has 27 heavy (non-hydrogen) atoms. The van der Waals surface area contributed by atoms with Crippen molar-refractivity contribution in [3.8, 4) is 0 Å². The van der Waals surface area contributed by atoms with Crippen molar-refractivity contribution >= 4 is 53.1 Å². The second-order valence-electron chi connectivity index (χ2n) is 6.42. The molecule has 1 heterocycles. The average molecular weight is 530 g/mol. The Bertz CT molecular complexity index is 596. The van der Waals surface area contributed by atoms with Crippen LogP contribution in [0.4, 0.5) is 0 Å². The molecule has 0 aliphatic carbocycles. The van der Waals surface area contributed by atoms with Crippen LogP contribution in [0.1, 0.15) is 31.7 Å². The van der Waals surface area contributed by atoms with Crippen LogP contribution in [0.15, 0.2) is 23.2 Å². The van der Waals surface area contributed by atoms with Crippen molar-refractivity contribution in [2.45, 2.75) is 31.6 Å². The van der Waals surface area contributed by atoms with Crippen LogP contribution in [0, 0.1) is 0 Å². The van der Waals surface area contributed by atoms with Crippen LogP contribution in [-0.2, 0) is 14.9 Å². The second kappa shape index (κ2) is 13.0. The number of nitrogens with one attached hydrogen (secondary N) is 2. The Kier molecular flexibility index (Phi) is 12.0. The van der Waals surface area contributed by atoms with Gasteiger partial charge in [0, 0.05) is 62.0 Å². The Morgan fingerprint density at radius 3 is 2.63 bits per heavy atom. The van der Waals surface area contributed by atoms with E-state index in [-0.39, 0.29) is 29.4 Å². The summed E-state index contributed by atoms with van der Waals surface area (Å²) in [7, 11) is 1.78. The number of hydrogen-bond donors (Lipinski definition) is 2. The van der Waals surface area contributed by atoms with Crippen molar-refractivity contribution in [2.75, 3.05) is 46.6 Å². The van der Waals surface area contributed by atoms with E-state index in [1.165, 1.54) is 0 Å². The first-order valence-electron chi connectivity index (χ1n) is 9.17. The predicted molar refractivity (Wildman–Crippen MR) is 124 cm³/mol. The summed E-state index contributed by atoms with van der Waals surface area (Å²) in [5, 5.41) is 8.16. The topological polar surface area (TPSA) is 54.9 Å². The summed E-state index contributed by atoms with van der Waals surface area (Å²) in [5.74, 6) is 0.789. The maximum absolute atomic E-state index is 6.52. The SMILES string of the molecule is CCOCCCNC(=NC)NCC1(c2ccc(Cl)cc2Cl)CCOCC1.I. The summed E-state index contributed by atoms with van der Waals surface area (Å²) in [4.78, 5) is 4.32. The molecule has 0 amide bonds. The lowest BCUT2D eigenvalue weighted by atomic mass is 9.74. The molecule has 1 saturated heterocycles. The smallest absolute Gasteiger partial charge is 0.191 e. The van der Waals surface area contributed by atoms with Crippen molar-refractivity contribution in [2.24, 2.45) is 4.99 Å². The number of ether oxygens (including phenoxy) is 2. The predicted octanol–water partition coefficient (Wildman–Crippen LogP) is 4.25. The van der Waals surface area contributed by atoms with Crippen molar-refractivity contribution in [1.82, 2.24) is 10.6 Å². The van der Waals surface area contributed by atoms with Gasteiger partial charge in [0.25, 0.3) is 0 Å². The molecular weight excluding hydrogens is 500 g/mol. The highest BCUT2D eigenvalue weighted by molar-refractivity contribution is 14.0. The molecule has 2 rings (SSSR count). The Labute approximate surface area is 189 Å². The van der Waals surface area contributed by atoms with Gasteiger partial charge in [-0.15, -0.1) is 24.0 Å². The standard InChI is InChI=1S/C19H29Cl2N3O2.HI/c1-3-25-10-4-9-23-18(22-2)24-14-19(7-11-26-12-8-19)16-6-5-15(20)13-17(16)21;/h5-6,13H,3-4,7-12,14H2,1-2H3,(H2,22,23,24);1H. The Hall–Kier alpha value is -0.280. The molecule has 1 aliphatic rings. The summed E-state index contributed by atoms with van der Waals surface area (Å²) in [6, 6.07) is 5.76. The molecule has 2 N–H and O–H groups in total. The molecule has 1 fully saturated rings. The fourth-order valence-corrected chi connectivity index (χ4v) is 3.83. The number of guanidine groups is 1. The van der Waals surface area contributed by atoms with E-state index in [4.69, 9.17) is 32.7 Å². The molecule has 0 atom stereocenters. The van der Waals surface area contributed by atoms with Gasteiger partial charge in [-0.25, -0.2) is 0 Å². The highest BCUT2D eigenvalue weighted by Gasteiger charge is 2.36. The van der Waals surface area contributed by atoms with Gasteiger partial charge in [0.05, 0.1) is 0 Å². The molecule has 5 nitrogen and oxygen atoms in total. The van der Waals surface area contributed by atoms with Gasteiger partial charge in [0.1, 0.15) is 0 Å². The average Bonchev–Trinajstić information content (AvgIpc) is 2.64. The van der Waals surface area contributed by atoms with Crippen LogP contribution in [-0.4, -0.2) is 52.5 Å². The second-order valence-corrected chi connectivity index (χ2v) is 7.26. The van der Waals surface area contributed by atoms with Crippen molar-refractivity contribution in [3.05, 3.63) is 33.8 Å². The number of benzene rings is 1. The number of nitrogens with zero attached hydrogens (tertiary/aromatic N) is 1. The maximum Gasteiger partial charge on any atom is 0.191 e. The molecule has 1 aromatic rings. The molecular formula is C19H30Cl2IN3O2. The highest BCUT2D eigenvalue weighted by Crippen LogP contribution is 2.39. The molecule has 0 saturated carbocycles. The Balaban J connectivity index is 0.00000364. The number of rotatable bonds is 8. The van der Waals surface area contributed by atoms with Crippen LogP contribution in [0.2, 0.25) is 10.0 Å². The zero-order valence-electron chi connectivity index (χ0n) is 16.0. The van der Waals surface area contributed by atoms with Crippen LogP contribution in [0.25, 0.3) is 0 Å². The van der Waals surface area contributed by atoms with E-state index in [1.807, 2.05) is 25.1 Å². The fourth-order valence-electron chi connectivity index (χ4n) is 3.22. The van der Waals surface area contributed by atoms with Crippen LogP contribution in [0.5, 0.6) is 0 Å². The van der Waals surface area contributed by atoms with Gasteiger partial charge in [0.15, 0.2) is 5.96 Å². The first kappa shape index (κ1) is 24.8. The third kappa shape index (κ3) is 7.57. The van der Waals surface area contributed by atoms with E-state index < -0.39 is 0 Å². The largest absolute Gasteiger partial charge is 0.382 e. The minimum atomic E-state index is -0.0944. The quantitative estimate of drug-likeness (QED) is 0.229. The molecule has 0 aromatic heterocycles. The van der Waals surface area contributed by atoms with Gasteiger partial charge < -0.3 is 20.1 Å². The highest BCUT2D eigenvalue weighted by atomic mass is 127. The normalized spacial score (nSPS) is 16.5. The zero-order valence-corrected chi connectivity index (χ0v) is 19.9. The van der Waals surface area contributed by atoms with Crippen LogP contribution < -0.4 is 10.6 Å². The molecule has 154 valence electrons. The third-order valence-electron chi connectivity index (χ3n) is 4.73. The molecule has 1 aromatic carbocycles. The monoisotopic (exact) mass is 529 g/mol. The van der Waals surface area contributed by atoms with E-state index in [0.29, 0.717) is 10.0 Å². The van der Waals surface area contributed by atoms with Crippen molar-refractivity contribution < 1.29 is 9.47 Å². The lowest BCUT2D eigenvalue weighted by molar-refractivity contribution is 0.0514. The van der Waals surface area contributed by atoms with Gasteiger partial charge in [0.2, 0.25) is 0 Å². The zero-order chi connectivity index (χ0) is 18.8. The summed E-state index contributed by atoms with van der Waals surface area (Å²) < 4.78 is 10.9. The van der Waals surface area contributed by atoms with Crippen molar-refractivity contribution in [1.29, 1.82) is 0 Å². The summed E-state index contributed by atoms with van der Waals surface area (Å²) in [5.41, 5.74) is 1.02. The van der Waals surface area contributed by atoms with Gasteiger partial charge in [-0.2, -0.15) is 0 Å². The van der Waals surface area contributed by atoms with E-state index in [2.05, 4.69) is 15.6 Å². The van der Waals surface area contributed by atoms with E-state index in [0.717, 1.165) is 70.3 Å². The summed E-state index contributed by atoms with van der Waals surface area (Å²) in [6.45, 7) is 6.51. The van der Waals surface area contributed by atoms with E-state index in [1.54, 1.807) is 7.05 Å². The van der Waals surface area contributed by atoms with Gasteiger partial charge in [-0.1, -0.05) is 29.3 Å². The van der Waals surface area contributed by atoms with Crippen molar-refractivity contribution in [3.63, 3.8) is 0 Å². The lowest BCUT2D eigenvalue weighted by Crippen LogP contribution is -2.48. The molecule has 1 aliphatic heterocycles. The maximum atomic E-state index is 6.52. The number of hydrogen-bond acceptors (Lipinski definition) is 3. The van der Waals surface area contributed by atoms with Gasteiger partial charge >= 0.3 is 0 Å². The fraction of sp³-hybridized carbons (Fsp3) is 0.632. The van der Waals surface area contributed by atoms with Crippen LogP contribution >= 0.6 is 47.2 Å². The minimum Gasteiger partial charge on any atom is -0.382 e. The Morgan fingerprint density at radius 2 is 2.00 bits per heavy atom. The Morgan fingerprint density at radius 1 is 1.26 bits per heavy atom. The number of halogens is 3. The summed E-state index contributed by atoms with van der Waals surface area (Å²) >= 11 is 12.6. The minimum absolute atomic E-state index is 0. The molecule has 0 radical (unpaired) electrons. The van der Waals surface area contributed by atoms with Crippen LogP contribution in [0.3, 0.4) is 0 Å². The van der Waals surface area contributed by atoms with Gasteiger partial charge in [-0.05, 0) is 43.9 Å².